The normalized spacial score (nSPS) is 25.0. The highest BCUT2D eigenvalue weighted by molar-refractivity contribution is 6.73. The number of carbonyl (C=O) groups is 1. The van der Waals surface area contributed by atoms with E-state index in [1.807, 2.05) is 0 Å². The van der Waals surface area contributed by atoms with Crippen molar-refractivity contribution in [2.24, 2.45) is 0 Å². The van der Waals surface area contributed by atoms with Gasteiger partial charge in [-0.1, -0.05) is 20.8 Å². The first-order chi connectivity index (χ1) is 8.59. The van der Waals surface area contributed by atoms with E-state index in [9.17, 15) is 4.79 Å². The summed E-state index contributed by atoms with van der Waals surface area (Å²) in [7, 11) is 0.0555. The van der Waals surface area contributed by atoms with Crippen molar-refractivity contribution in [1.29, 1.82) is 0 Å². The maximum absolute atomic E-state index is 11.4. The van der Waals surface area contributed by atoms with E-state index in [4.69, 9.17) is 13.9 Å². The lowest BCUT2D eigenvalue weighted by molar-refractivity contribution is -0.163. The molecule has 0 aromatic rings. The van der Waals surface area contributed by atoms with Gasteiger partial charge in [-0.05, 0) is 18.1 Å². The number of carbonyl (C=O) groups excluding carboxylic acids is 1. The van der Waals surface area contributed by atoms with E-state index in [2.05, 4.69) is 20.8 Å². The SMILES string of the molecule is CC[Si](CC)(CC)OC[C@H]1C[C@@H](OC)CC(=O)O1. The van der Waals surface area contributed by atoms with Gasteiger partial charge in [0.15, 0.2) is 8.32 Å². The number of esters is 1. The second-order valence-corrected chi connectivity index (χ2v) is 9.74. The van der Waals surface area contributed by atoms with Crippen molar-refractivity contribution < 1.29 is 18.7 Å². The average molecular weight is 274 g/mol. The van der Waals surface area contributed by atoms with Crippen LogP contribution in [0.15, 0.2) is 0 Å². The molecule has 0 aromatic heterocycles. The lowest BCUT2D eigenvalue weighted by Gasteiger charge is -2.33. The fourth-order valence-electron chi connectivity index (χ4n) is 2.45. The Kier molecular flexibility index (Phi) is 6.32. The highest BCUT2D eigenvalue weighted by atomic mass is 28.4. The standard InChI is InChI=1S/C13H26O4Si/c1-5-18(6-2,7-3)16-10-12-8-11(15-4)9-13(14)17-12/h11-12H,5-10H2,1-4H3/t11-,12-/m1/s1. The van der Waals surface area contributed by atoms with Gasteiger partial charge in [-0.3, -0.25) is 4.79 Å². The number of hydrogen-bond acceptors (Lipinski definition) is 4. The van der Waals surface area contributed by atoms with Crippen LogP contribution in [-0.2, 0) is 18.7 Å². The van der Waals surface area contributed by atoms with Crippen LogP contribution in [0.5, 0.6) is 0 Å². The van der Waals surface area contributed by atoms with Crippen molar-refractivity contribution in [1.82, 2.24) is 0 Å². The summed E-state index contributed by atoms with van der Waals surface area (Å²) >= 11 is 0. The highest BCUT2D eigenvalue weighted by Gasteiger charge is 2.33. The van der Waals surface area contributed by atoms with E-state index < -0.39 is 8.32 Å². The van der Waals surface area contributed by atoms with Gasteiger partial charge in [0.2, 0.25) is 0 Å². The first-order valence-corrected chi connectivity index (χ1v) is 9.48. The Morgan fingerprint density at radius 1 is 1.28 bits per heavy atom. The molecule has 0 spiro atoms. The Hall–Kier alpha value is -0.393. The van der Waals surface area contributed by atoms with Crippen LogP contribution >= 0.6 is 0 Å². The van der Waals surface area contributed by atoms with Gasteiger partial charge in [0.05, 0.1) is 19.1 Å². The van der Waals surface area contributed by atoms with Crippen LogP contribution in [0.2, 0.25) is 18.1 Å². The third-order valence-corrected chi connectivity index (χ3v) is 8.71. The molecule has 1 heterocycles. The maximum atomic E-state index is 11.4. The third-order valence-electron chi connectivity index (χ3n) is 4.06. The molecule has 0 unspecified atom stereocenters. The minimum Gasteiger partial charge on any atom is -0.460 e. The van der Waals surface area contributed by atoms with Crippen molar-refractivity contribution in [3.63, 3.8) is 0 Å². The summed E-state index contributed by atoms with van der Waals surface area (Å²) in [5.41, 5.74) is 0. The van der Waals surface area contributed by atoms with E-state index in [0.717, 1.165) is 24.6 Å². The first kappa shape index (κ1) is 15.7. The molecule has 0 aromatic carbocycles. The van der Waals surface area contributed by atoms with E-state index in [-0.39, 0.29) is 18.2 Å². The second-order valence-electron chi connectivity index (χ2n) is 4.96. The predicted octanol–water partition coefficient (Wildman–Crippen LogP) is 2.73. The van der Waals surface area contributed by atoms with Crippen LogP contribution in [0, 0.1) is 0 Å². The van der Waals surface area contributed by atoms with Crippen LogP contribution in [-0.4, -0.2) is 40.2 Å². The minimum absolute atomic E-state index is 0.0132. The molecule has 1 rings (SSSR count). The van der Waals surface area contributed by atoms with Crippen molar-refractivity contribution in [3.8, 4) is 0 Å². The van der Waals surface area contributed by atoms with Crippen LogP contribution in [0.25, 0.3) is 0 Å². The molecule has 1 aliphatic rings. The summed E-state index contributed by atoms with van der Waals surface area (Å²) < 4.78 is 16.7. The number of rotatable bonds is 7. The zero-order valence-corrected chi connectivity index (χ0v) is 13.0. The molecule has 0 amide bonds. The summed E-state index contributed by atoms with van der Waals surface area (Å²) in [6, 6.07) is 3.36. The van der Waals surface area contributed by atoms with Gasteiger partial charge in [0.1, 0.15) is 6.10 Å². The lowest BCUT2D eigenvalue weighted by Crippen LogP contribution is -2.42. The van der Waals surface area contributed by atoms with Crippen molar-refractivity contribution in [2.45, 2.75) is 64.0 Å². The number of cyclic esters (lactones) is 1. The molecule has 0 aliphatic carbocycles. The van der Waals surface area contributed by atoms with Crippen LogP contribution < -0.4 is 0 Å². The summed E-state index contributed by atoms with van der Waals surface area (Å²) in [5.74, 6) is -0.168. The lowest BCUT2D eigenvalue weighted by atomic mass is 10.1. The zero-order chi connectivity index (χ0) is 13.6. The molecule has 0 saturated carbocycles. The van der Waals surface area contributed by atoms with Gasteiger partial charge in [0.25, 0.3) is 0 Å². The Morgan fingerprint density at radius 3 is 2.39 bits per heavy atom. The summed E-state index contributed by atoms with van der Waals surface area (Å²) in [6.45, 7) is 7.13. The third kappa shape index (κ3) is 4.07. The molecule has 106 valence electrons. The second kappa shape index (κ2) is 7.26. The monoisotopic (exact) mass is 274 g/mol. The first-order valence-electron chi connectivity index (χ1n) is 6.95. The fourth-order valence-corrected chi connectivity index (χ4v) is 5.10. The van der Waals surface area contributed by atoms with Gasteiger partial charge in [0, 0.05) is 13.5 Å². The highest BCUT2D eigenvalue weighted by Crippen LogP contribution is 2.24. The molecule has 0 N–H and O–H groups in total. The van der Waals surface area contributed by atoms with Crippen LogP contribution in [0.4, 0.5) is 0 Å². The van der Waals surface area contributed by atoms with Crippen molar-refractivity contribution in [3.05, 3.63) is 0 Å². The van der Waals surface area contributed by atoms with E-state index >= 15 is 0 Å². The van der Waals surface area contributed by atoms with Crippen LogP contribution in [0.1, 0.15) is 33.6 Å². The zero-order valence-electron chi connectivity index (χ0n) is 12.0. The Bertz CT molecular complexity index is 257. The molecular weight excluding hydrogens is 248 g/mol. The molecule has 1 aliphatic heterocycles. The molecule has 18 heavy (non-hydrogen) atoms. The molecule has 5 heteroatoms. The van der Waals surface area contributed by atoms with Gasteiger partial charge < -0.3 is 13.9 Å². The fraction of sp³-hybridized carbons (Fsp3) is 0.923. The van der Waals surface area contributed by atoms with Gasteiger partial charge in [-0.25, -0.2) is 0 Å². The quantitative estimate of drug-likeness (QED) is 0.529. The van der Waals surface area contributed by atoms with Gasteiger partial charge >= 0.3 is 5.97 Å². The van der Waals surface area contributed by atoms with Gasteiger partial charge in [-0.2, -0.15) is 0 Å². The molecule has 4 nitrogen and oxygen atoms in total. The largest absolute Gasteiger partial charge is 0.460 e. The topological polar surface area (TPSA) is 44.8 Å². The predicted molar refractivity (Wildman–Crippen MR) is 73.1 cm³/mol. The van der Waals surface area contributed by atoms with E-state index in [1.54, 1.807) is 7.11 Å². The molecule has 0 radical (unpaired) electrons. The molecule has 2 atom stereocenters. The summed E-state index contributed by atoms with van der Waals surface area (Å²) in [4.78, 5) is 11.4. The molecule has 0 bridgehead atoms. The Morgan fingerprint density at radius 2 is 1.89 bits per heavy atom. The summed E-state index contributed by atoms with van der Waals surface area (Å²) in [6.07, 6.45) is 0.975. The van der Waals surface area contributed by atoms with Crippen molar-refractivity contribution >= 4 is 14.3 Å². The van der Waals surface area contributed by atoms with Crippen molar-refractivity contribution in [2.75, 3.05) is 13.7 Å². The number of ether oxygens (including phenoxy) is 2. The van der Waals surface area contributed by atoms with Crippen LogP contribution in [0.3, 0.4) is 0 Å². The number of methoxy groups -OCH3 is 1. The van der Waals surface area contributed by atoms with E-state index in [0.29, 0.717) is 13.0 Å². The smallest absolute Gasteiger partial charge is 0.308 e. The maximum Gasteiger partial charge on any atom is 0.308 e. The molecular formula is C13H26O4Si. The van der Waals surface area contributed by atoms with E-state index in [1.165, 1.54) is 0 Å². The van der Waals surface area contributed by atoms with Gasteiger partial charge in [-0.15, -0.1) is 0 Å². The average Bonchev–Trinajstić information content (AvgIpc) is 2.40. The minimum atomic E-state index is -1.59. The number of hydrogen-bond donors (Lipinski definition) is 0. The summed E-state index contributed by atoms with van der Waals surface area (Å²) in [5, 5.41) is 0. The molecule has 1 saturated heterocycles. The Balaban J connectivity index is 2.49. The Labute approximate surface area is 111 Å². The molecule has 1 fully saturated rings.